The van der Waals surface area contributed by atoms with Crippen molar-refractivity contribution in [3.8, 4) is 0 Å². The quantitative estimate of drug-likeness (QED) is 0.442. The number of hydrogen-bond acceptors (Lipinski definition) is 9. The van der Waals surface area contributed by atoms with Crippen LogP contribution in [0, 0.1) is 5.41 Å². The van der Waals surface area contributed by atoms with Crippen molar-refractivity contribution in [2.75, 3.05) is 79.9 Å². The molecule has 4 heterocycles. The molecule has 1 aromatic heterocycles. The van der Waals surface area contributed by atoms with E-state index < -0.39 is 23.2 Å². The zero-order valence-corrected chi connectivity index (χ0v) is 25.6. The van der Waals surface area contributed by atoms with Gasteiger partial charge in [-0.2, -0.15) is 13.2 Å². The van der Waals surface area contributed by atoms with Crippen LogP contribution in [0.5, 0.6) is 0 Å². The molecule has 0 radical (unpaired) electrons. The third-order valence-corrected chi connectivity index (χ3v) is 9.36. The summed E-state index contributed by atoms with van der Waals surface area (Å²) in [6, 6.07) is 1.17. The molecule has 0 spiro atoms. The molecule has 1 saturated carbocycles. The van der Waals surface area contributed by atoms with Gasteiger partial charge in [0.25, 0.3) is 0 Å². The van der Waals surface area contributed by atoms with Crippen LogP contribution >= 0.6 is 0 Å². The van der Waals surface area contributed by atoms with Crippen LogP contribution in [-0.4, -0.2) is 130 Å². The molecule has 4 atom stereocenters. The second kappa shape index (κ2) is 14.3. The average molecular weight is 628 g/mol. The molecule has 1 aromatic rings. The lowest BCUT2D eigenvalue weighted by Gasteiger charge is -2.39. The molecule has 14 heteroatoms. The van der Waals surface area contributed by atoms with Gasteiger partial charge in [-0.1, -0.05) is 0 Å². The zero-order valence-electron chi connectivity index (χ0n) is 25.6. The van der Waals surface area contributed by atoms with Crippen LogP contribution in [0.4, 0.5) is 18.0 Å². The minimum absolute atomic E-state index is 0.000941. The topological polar surface area (TPSA) is 106 Å². The van der Waals surface area contributed by atoms with Crippen molar-refractivity contribution in [2.45, 2.75) is 63.0 Å². The summed E-state index contributed by atoms with van der Waals surface area (Å²) in [4.78, 5) is 36.8. The summed E-state index contributed by atoms with van der Waals surface area (Å²) in [7, 11) is 3.29. The predicted octanol–water partition coefficient (Wildman–Crippen LogP) is 2.32. The number of aromatic nitrogens is 1. The van der Waals surface area contributed by atoms with Crippen LogP contribution in [-0.2, 0) is 42.9 Å². The van der Waals surface area contributed by atoms with Crippen molar-refractivity contribution < 1.29 is 41.7 Å². The molecule has 4 aliphatic rings. The fourth-order valence-corrected chi connectivity index (χ4v) is 6.92. The number of alkyl halides is 3. The Labute approximate surface area is 256 Å². The molecule has 3 aliphatic heterocycles. The summed E-state index contributed by atoms with van der Waals surface area (Å²) in [5.74, 6) is -0.159. The van der Waals surface area contributed by atoms with Gasteiger partial charge in [-0.15, -0.1) is 0 Å². The van der Waals surface area contributed by atoms with Crippen LogP contribution in [0.2, 0.25) is 0 Å². The van der Waals surface area contributed by atoms with Gasteiger partial charge < -0.3 is 34.1 Å². The summed E-state index contributed by atoms with van der Waals surface area (Å²) in [5.41, 5.74) is -0.763. The van der Waals surface area contributed by atoms with Gasteiger partial charge in [0.2, 0.25) is 5.91 Å². The number of pyridine rings is 1. The fraction of sp³-hybridized carbons (Fsp3) is 0.767. The number of methoxy groups -OCH3 is 1. The minimum atomic E-state index is -4.52. The number of rotatable bonds is 9. The molecule has 1 aliphatic carbocycles. The molecule has 0 bridgehead atoms. The lowest BCUT2D eigenvalue weighted by molar-refractivity contribution is -0.144. The number of halogens is 3. The molecular formula is C30H44F3N5O6. The van der Waals surface area contributed by atoms with Crippen molar-refractivity contribution in [1.29, 1.82) is 0 Å². The summed E-state index contributed by atoms with van der Waals surface area (Å²) in [5, 5.41) is 3.68. The number of carbonyl (C=O) groups is 2. The monoisotopic (exact) mass is 627 g/mol. The Kier molecular flexibility index (Phi) is 10.7. The first kappa shape index (κ1) is 32.9. The van der Waals surface area contributed by atoms with E-state index in [-0.39, 0.29) is 43.8 Å². The molecule has 1 N–H and O–H groups in total. The number of ether oxygens (including phenoxy) is 4. The summed E-state index contributed by atoms with van der Waals surface area (Å²) in [6.45, 7) is 5.37. The SMILES string of the molecule is COC1COCCC1N[C@@H]1CC[C@](CN(C)C(=O)OCCN2CCOCC2)(C(=O)N2CCc3ncc(C(F)(F)F)cc3C2)C1. The second-order valence-corrected chi connectivity index (χ2v) is 12.4. The van der Waals surface area contributed by atoms with Crippen LogP contribution in [0.25, 0.3) is 0 Å². The Bertz CT molecular complexity index is 1150. The van der Waals surface area contributed by atoms with Gasteiger partial charge in [0.15, 0.2) is 0 Å². The molecule has 2 amide bonds. The van der Waals surface area contributed by atoms with E-state index in [1.165, 1.54) is 4.90 Å². The summed E-state index contributed by atoms with van der Waals surface area (Å²) in [6.07, 6.45) is -1.40. The first-order chi connectivity index (χ1) is 21.1. The van der Waals surface area contributed by atoms with Crippen molar-refractivity contribution in [2.24, 2.45) is 5.41 Å². The van der Waals surface area contributed by atoms with E-state index in [1.807, 2.05) is 0 Å². The Morgan fingerprint density at radius 2 is 1.98 bits per heavy atom. The minimum Gasteiger partial charge on any atom is -0.448 e. The van der Waals surface area contributed by atoms with Gasteiger partial charge in [-0.05, 0) is 37.3 Å². The van der Waals surface area contributed by atoms with Crippen LogP contribution in [0.15, 0.2) is 12.3 Å². The maximum Gasteiger partial charge on any atom is 0.417 e. The third-order valence-electron chi connectivity index (χ3n) is 9.36. The van der Waals surface area contributed by atoms with E-state index >= 15 is 0 Å². The fourth-order valence-electron chi connectivity index (χ4n) is 6.92. The maximum atomic E-state index is 14.4. The number of nitrogens with zero attached hydrogens (tertiary/aromatic N) is 4. The van der Waals surface area contributed by atoms with Gasteiger partial charge in [-0.3, -0.25) is 14.7 Å². The lowest BCUT2D eigenvalue weighted by atomic mass is 9.82. The largest absolute Gasteiger partial charge is 0.448 e. The first-order valence-corrected chi connectivity index (χ1v) is 15.5. The highest BCUT2D eigenvalue weighted by atomic mass is 19.4. The van der Waals surface area contributed by atoms with Crippen molar-refractivity contribution in [3.63, 3.8) is 0 Å². The Morgan fingerprint density at radius 1 is 1.18 bits per heavy atom. The van der Waals surface area contributed by atoms with Gasteiger partial charge >= 0.3 is 12.3 Å². The standard InChI is InChI=1S/C30H44F3N5O6/c1-36(28(40)44-14-10-37-8-12-42-13-9-37)20-29(6-3-23(16-29)35-25-5-11-43-19-26(25)41-2)27(39)38-7-4-24-21(18-38)15-22(17-34-24)30(31,32)33/h15,17,23,25-26,35H,3-14,16,18-20H2,1-2H3/t23-,25?,26?,29+/m1/s1. The van der Waals surface area contributed by atoms with Crippen molar-refractivity contribution in [1.82, 2.24) is 25.0 Å². The smallest absolute Gasteiger partial charge is 0.417 e. The van der Waals surface area contributed by atoms with Crippen molar-refractivity contribution >= 4 is 12.0 Å². The number of hydrogen-bond donors (Lipinski definition) is 1. The average Bonchev–Trinajstić information content (AvgIpc) is 3.43. The maximum absolute atomic E-state index is 14.4. The normalized spacial score (nSPS) is 28.0. The summed E-state index contributed by atoms with van der Waals surface area (Å²) < 4.78 is 62.4. The molecule has 44 heavy (non-hydrogen) atoms. The molecule has 5 rings (SSSR count). The molecular weight excluding hydrogens is 583 g/mol. The molecule has 2 saturated heterocycles. The lowest BCUT2D eigenvalue weighted by Crippen LogP contribution is -2.53. The number of carbonyl (C=O) groups excluding carboxylic acids is 2. The summed E-state index contributed by atoms with van der Waals surface area (Å²) >= 11 is 0. The Balaban J connectivity index is 1.29. The van der Waals surface area contributed by atoms with E-state index in [4.69, 9.17) is 18.9 Å². The highest BCUT2D eigenvalue weighted by molar-refractivity contribution is 5.84. The zero-order chi connectivity index (χ0) is 31.3. The van der Waals surface area contributed by atoms with E-state index in [0.717, 1.165) is 31.8 Å². The third kappa shape index (κ3) is 7.82. The van der Waals surface area contributed by atoms with Crippen molar-refractivity contribution in [3.05, 3.63) is 29.1 Å². The van der Waals surface area contributed by atoms with E-state index in [2.05, 4.69) is 15.2 Å². The van der Waals surface area contributed by atoms with Crippen LogP contribution < -0.4 is 5.32 Å². The molecule has 3 fully saturated rings. The van der Waals surface area contributed by atoms with E-state index in [9.17, 15) is 22.8 Å². The molecule has 11 nitrogen and oxygen atoms in total. The van der Waals surface area contributed by atoms with E-state index in [0.29, 0.717) is 76.5 Å². The van der Waals surface area contributed by atoms with Gasteiger partial charge in [0.05, 0.1) is 36.9 Å². The van der Waals surface area contributed by atoms with Gasteiger partial charge in [0.1, 0.15) is 6.61 Å². The first-order valence-electron chi connectivity index (χ1n) is 15.5. The number of fused-ring (bicyclic) bond motifs is 1. The van der Waals surface area contributed by atoms with Gasteiger partial charge in [-0.25, -0.2) is 4.79 Å². The second-order valence-electron chi connectivity index (χ2n) is 12.4. The Hall–Kier alpha value is -2.52. The van der Waals surface area contributed by atoms with Crippen LogP contribution in [0.1, 0.15) is 42.5 Å². The highest BCUT2D eigenvalue weighted by Gasteiger charge is 2.49. The number of nitrogens with one attached hydrogen (secondary N) is 1. The van der Waals surface area contributed by atoms with Crippen LogP contribution in [0.3, 0.4) is 0 Å². The molecule has 246 valence electrons. The molecule has 0 aromatic carbocycles. The predicted molar refractivity (Wildman–Crippen MR) is 153 cm³/mol. The van der Waals surface area contributed by atoms with Gasteiger partial charge in [0, 0.05) is 90.4 Å². The van der Waals surface area contributed by atoms with E-state index in [1.54, 1.807) is 19.1 Å². The highest BCUT2D eigenvalue weighted by Crippen LogP contribution is 2.42. The number of morpholine rings is 1. The Morgan fingerprint density at radius 3 is 2.73 bits per heavy atom. The molecule has 2 unspecified atom stereocenters. The number of amides is 2.